The molecule has 4 aliphatic rings. The van der Waals surface area contributed by atoms with Gasteiger partial charge in [0.1, 0.15) is 0 Å². The fourth-order valence-electron chi connectivity index (χ4n) is 9.55. The van der Waals surface area contributed by atoms with Crippen LogP contribution in [0.3, 0.4) is 0 Å². The van der Waals surface area contributed by atoms with E-state index in [-0.39, 0.29) is 5.41 Å². The summed E-state index contributed by atoms with van der Waals surface area (Å²) in [5.74, 6) is 1.07. The van der Waals surface area contributed by atoms with Gasteiger partial charge >= 0.3 is 0 Å². The molecule has 3 unspecified atom stereocenters. The van der Waals surface area contributed by atoms with Gasteiger partial charge in [-0.1, -0.05) is 161 Å². The summed E-state index contributed by atoms with van der Waals surface area (Å²) in [7, 11) is 0. The van der Waals surface area contributed by atoms with Crippen molar-refractivity contribution in [1.29, 1.82) is 0 Å². The molecule has 3 aliphatic carbocycles. The molecule has 0 saturated heterocycles. The second kappa shape index (κ2) is 10.6. The SMILES string of the molecule is CC(C)C1=C2N=C(c3ccccc3)C3=C(c4ccccc4)CC4C(c5ccccc5)=C(c5ccccc5)C23C4(C(C)C)CC=C1. The van der Waals surface area contributed by atoms with E-state index in [4.69, 9.17) is 4.99 Å². The number of hydrogen-bond donors (Lipinski definition) is 0. The molecular formula is C44H41N. The Kier molecular flexibility index (Phi) is 6.57. The van der Waals surface area contributed by atoms with Gasteiger partial charge in [-0.2, -0.15) is 0 Å². The first-order valence-electron chi connectivity index (χ1n) is 16.7. The van der Waals surface area contributed by atoms with Crippen molar-refractivity contribution in [2.45, 2.75) is 40.5 Å². The molecule has 8 rings (SSSR count). The summed E-state index contributed by atoms with van der Waals surface area (Å²) in [4.78, 5) is 5.92. The van der Waals surface area contributed by atoms with Crippen molar-refractivity contribution in [1.82, 2.24) is 0 Å². The van der Waals surface area contributed by atoms with Crippen LogP contribution in [0.15, 0.2) is 155 Å². The minimum atomic E-state index is -0.407. The molecule has 0 radical (unpaired) electrons. The standard InChI is InChI=1S/C44H41N/c1-29(2)35-26-17-27-43(30(3)4)37-28-36(31-18-9-5-10-19-31)40-41(34-24-15-8-16-25-34)45-42(35)44(40,43)39(33-22-13-7-14-23-33)38(37)32-20-11-6-12-21-32/h5-26,29-30,37H,27-28H2,1-4H3. The Hall–Kier alpha value is -4.49. The zero-order valence-electron chi connectivity index (χ0n) is 26.8. The first-order valence-corrected chi connectivity index (χ1v) is 16.7. The van der Waals surface area contributed by atoms with Crippen LogP contribution in [-0.2, 0) is 0 Å². The van der Waals surface area contributed by atoms with Crippen molar-refractivity contribution >= 4 is 22.4 Å². The molecule has 222 valence electrons. The van der Waals surface area contributed by atoms with E-state index in [2.05, 4.69) is 161 Å². The molecule has 1 aliphatic heterocycles. The molecule has 0 N–H and O–H groups in total. The predicted molar refractivity (Wildman–Crippen MR) is 189 cm³/mol. The number of hydrogen-bond acceptors (Lipinski definition) is 1. The van der Waals surface area contributed by atoms with Gasteiger partial charge in [0, 0.05) is 11.0 Å². The Morgan fingerprint density at radius 3 is 1.71 bits per heavy atom. The molecule has 3 atom stereocenters. The summed E-state index contributed by atoms with van der Waals surface area (Å²) in [6, 6.07) is 44.8. The third-order valence-corrected chi connectivity index (χ3v) is 11.2. The van der Waals surface area contributed by atoms with Crippen LogP contribution in [0.2, 0.25) is 0 Å². The van der Waals surface area contributed by atoms with Crippen LogP contribution in [0.4, 0.5) is 0 Å². The molecule has 4 aromatic carbocycles. The number of nitrogens with zero attached hydrogens (tertiary/aromatic N) is 1. The molecule has 0 amide bonds. The van der Waals surface area contributed by atoms with E-state index in [0.29, 0.717) is 17.8 Å². The lowest BCUT2D eigenvalue weighted by Crippen LogP contribution is -2.51. The van der Waals surface area contributed by atoms with Gasteiger partial charge in [0.25, 0.3) is 0 Å². The molecule has 1 spiro atoms. The molecule has 1 heteroatoms. The van der Waals surface area contributed by atoms with E-state index in [1.165, 1.54) is 55.8 Å². The minimum absolute atomic E-state index is 0.0839. The summed E-state index contributed by atoms with van der Waals surface area (Å²) < 4.78 is 0. The third kappa shape index (κ3) is 3.77. The molecule has 0 fully saturated rings. The zero-order valence-corrected chi connectivity index (χ0v) is 26.8. The number of benzene rings is 4. The minimum Gasteiger partial charge on any atom is -0.251 e. The average molecular weight is 584 g/mol. The van der Waals surface area contributed by atoms with Gasteiger partial charge in [-0.15, -0.1) is 0 Å². The van der Waals surface area contributed by atoms with E-state index in [9.17, 15) is 0 Å². The van der Waals surface area contributed by atoms with Crippen LogP contribution in [0.25, 0.3) is 16.7 Å². The lowest BCUT2D eigenvalue weighted by molar-refractivity contribution is 0.0563. The highest BCUT2D eigenvalue weighted by Crippen LogP contribution is 2.80. The van der Waals surface area contributed by atoms with E-state index in [1.807, 2.05) is 0 Å². The Labute approximate surface area is 268 Å². The van der Waals surface area contributed by atoms with E-state index in [0.717, 1.165) is 18.6 Å². The third-order valence-electron chi connectivity index (χ3n) is 11.2. The Bertz CT molecular complexity index is 1920. The monoisotopic (exact) mass is 583 g/mol. The van der Waals surface area contributed by atoms with Gasteiger partial charge in [-0.05, 0) is 75.2 Å². The first-order chi connectivity index (χ1) is 22.0. The maximum absolute atomic E-state index is 5.92. The van der Waals surface area contributed by atoms with Gasteiger partial charge in [0.05, 0.1) is 16.8 Å². The number of rotatable bonds is 6. The molecular weight excluding hydrogens is 542 g/mol. The summed E-state index contributed by atoms with van der Waals surface area (Å²) in [5.41, 5.74) is 14.4. The van der Waals surface area contributed by atoms with Gasteiger partial charge in [-0.3, -0.25) is 4.99 Å². The van der Waals surface area contributed by atoms with Crippen molar-refractivity contribution in [2.24, 2.45) is 33.6 Å². The molecule has 0 saturated carbocycles. The van der Waals surface area contributed by atoms with Crippen molar-refractivity contribution in [2.75, 3.05) is 0 Å². The van der Waals surface area contributed by atoms with Crippen molar-refractivity contribution in [3.05, 3.63) is 173 Å². The van der Waals surface area contributed by atoms with Crippen LogP contribution in [-0.4, -0.2) is 5.71 Å². The lowest BCUT2D eigenvalue weighted by Gasteiger charge is -2.56. The molecule has 2 bridgehead atoms. The van der Waals surface area contributed by atoms with E-state index in [1.54, 1.807) is 0 Å². The highest BCUT2D eigenvalue weighted by molar-refractivity contribution is 6.25. The summed E-state index contributed by atoms with van der Waals surface area (Å²) in [5, 5.41) is 0. The average Bonchev–Trinajstić information content (AvgIpc) is 3.43. The summed E-state index contributed by atoms with van der Waals surface area (Å²) in [6.45, 7) is 9.68. The van der Waals surface area contributed by atoms with Crippen molar-refractivity contribution in [3.63, 3.8) is 0 Å². The highest BCUT2D eigenvalue weighted by Gasteiger charge is 2.73. The predicted octanol–water partition coefficient (Wildman–Crippen LogP) is 11.1. The first kappa shape index (κ1) is 28.0. The van der Waals surface area contributed by atoms with E-state index >= 15 is 0 Å². The normalized spacial score (nSPS) is 25.3. The van der Waals surface area contributed by atoms with Crippen LogP contribution in [0, 0.1) is 28.6 Å². The maximum atomic E-state index is 5.92. The zero-order chi connectivity index (χ0) is 30.8. The highest BCUT2D eigenvalue weighted by atomic mass is 14.9. The van der Waals surface area contributed by atoms with Crippen LogP contribution in [0.1, 0.15) is 62.8 Å². The smallest absolute Gasteiger partial charge is 0.0754 e. The number of allylic oxidation sites excluding steroid dienone is 6. The molecule has 1 nitrogen and oxygen atoms in total. The van der Waals surface area contributed by atoms with Gasteiger partial charge in [-0.25, -0.2) is 0 Å². The molecule has 1 heterocycles. The topological polar surface area (TPSA) is 12.4 Å². The summed E-state index contributed by atoms with van der Waals surface area (Å²) in [6.07, 6.45) is 6.96. The Morgan fingerprint density at radius 2 is 1.16 bits per heavy atom. The number of aliphatic imine (C=N–C) groups is 1. The van der Waals surface area contributed by atoms with Gasteiger partial charge < -0.3 is 0 Å². The van der Waals surface area contributed by atoms with Crippen molar-refractivity contribution in [3.8, 4) is 0 Å². The second-order valence-electron chi connectivity index (χ2n) is 13.8. The van der Waals surface area contributed by atoms with Gasteiger partial charge in [0.2, 0.25) is 0 Å². The van der Waals surface area contributed by atoms with Gasteiger partial charge in [0.15, 0.2) is 0 Å². The fraction of sp³-hybridized carbons (Fsp3) is 0.250. The Balaban J connectivity index is 1.63. The largest absolute Gasteiger partial charge is 0.251 e. The maximum Gasteiger partial charge on any atom is 0.0754 e. The quantitative estimate of drug-likeness (QED) is 0.214. The fourth-order valence-corrected chi connectivity index (χ4v) is 9.55. The molecule has 4 aromatic rings. The van der Waals surface area contributed by atoms with Crippen LogP contribution >= 0.6 is 0 Å². The van der Waals surface area contributed by atoms with E-state index < -0.39 is 5.41 Å². The lowest BCUT2D eigenvalue weighted by atomic mass is 9.45. The molecule has 0 aromatic heterocycles. The molecule has 45 heavy (non-hydrogen) atoms. The van der Waals surface area contributed by atoms with Crippen LogP contribution < -0.4 is 0 Å². The van der Waals surface area contributed by atoms with Crippen molar-refractivity contribution < 1.29 is 0 Å². The van der Waals surface area contributed by atoms with Crippen LogP contribution in [0.5, 0.6) is 0 Å². The summed E-state index contributed by atoms with van der Waals surface area (Å²) >= 11 is 0. The Morgan fingerprint density at radius 1 is 0.622 bits per heavy atom. The second-order valence-corrected chi connectivity index (χ2v) is 13.8.